The first-order chi connectivity index (χ1) is 32.9. The lowest BCUT2D eigenvalue weighted by atomic mass is 9.74. The number of alkyl halides is 10. The van der Waals surface area contributed by atoms with Crippen LogP contribution in [0.1, 0.15) is 88.5 Å². The number of rotatable bonds is 25. The molecule has 0 spiro atoms. The Morgan fingerprint density at radius 3 is 1.70 bits per heavy atom. The van der Waals surface area contributed by atoms with Crippen molar-refractivity contribution in [3.8, 4) is 0 Å². The Hall–Kier alpha value is -5.78. The van der Waals surface area contributed by atoms with Crippen molar-refractivity contribution in [2.45, 2.75) is 117 Å². The van der Waals surface area contributed by atoms with Crippen LogP contribution in [-0.2, 0) is 32.1 Å². The van der Waals surface area contributed by atoms with Gasteiger partial charge in [0.15, 0.2) is 5.78 Å². The van der Waals surface area contributed by atoms with Crippen LogP contribution in [0.5, 0.6) is 0 Å². The van der Waals surface area contributed by atoms with E-state index >= 15 is 8.78 Å². The molecule has 0 bridgehead atoms. The normalized spacial score (nSPS) is 17.3. The minimum atomic E-state index is -5.12. The summed E-state index contributed by atoms with van der Waals surface area (Å²) < 4.78 is 171. The molecule has 2 amide bonds. The zero-order valence-corrected chi connectivity index (χ0v) is 38.9. The summed E-state index contributed by atoms with van der Waals surface area (Å²) in [6.45, 7) is -5.84. The smallest absolute Gasteiger partial charge is 0.396 e. The molecule has 0 unspecified atom stereocenters. The molecular weight excluding hydrogens is 971 g/mol. The molecule has 0 radical (unpaired) electrons. The van der Waals surface area contributed by atoms with Gasteiger partial charge in [-0.2, -0.15) is 43.9 Å². The Kier molecular flexibility index (Phi) is 19.2. The van der Waals surface area contributed by atoms with E-state index in [4.69, 9.17) is 11.5 Å². The second-order valence-electron chi connectivity index (χ2n) is 18.7. The van der Waals surface area contributed by atoms with Crippen molar-refractivity contribution >= 4 is 47.0 Å². The SMILES string of the molecule is CC(C)([C@H](CC(=O)C1CC1)C(=O)NN(Cc1c(F)cc(C(C=NC(F)F)=CN)cc1F)C[C@H](O)[C@@H](CC(=O)[C@@H](NC(=O)C1CC1)C(C)(C)C(F)(F)F)Cc1ccc(C(C=NC(F)F)=CN)cc1)C(F)(F)F. The van der Waals surface area contributed by atoms with E-state index in [0.29, 0.717) is 82.9 Å². The number of nitrogens with zero attached hydrogens (tertiary/aromatic N) is 3. The number of hydrazine groups is 1. The summed E-state index contributed by atoms with van der Waals surface area (Å²) in [4.78, 5) is 60.1. The van der Waals surface area contributed by atoms with Gasteiger partial charge in [0.25, 0.3) is 0 Å². The van der Waals surface area contributed by atoms with E-state index in [2.05, 4.69) is 20.7 Å². The number of benzene rings is 2. The van der Waals surface area contributed by atoms with E-state index in [1.165, 1.54) is 24.3 Å². The summed E-state index contributed by atoms with van der Waals surface area (Å²) in [5, 5.41) is 14.8. The predicted octanol–water partition coefficient (Wildman–Crippen LogP) is 8.22. The number of aliphatic hydroxyl groups is 1. The first-order valence-electron chi connectivity index (χ1n) is 22.2. The summed E-state index contributed by atoms with van der Waals surface area (Å²) in [6, 6.07) is 4.47. The average molecular weight is 1030 g/mol. The molecule has 392 valence electrons. The fourth-order valence-electron chi connectivity index (χ4n) is 7.51. The molecule has 71 heavy (non-hydrogen) atoms. The predicted molar refractivity (Wildman–Crippen MR) is 238 cm³/mol. The largest absolute Gasteiger partial charge is 0.404 e. The number of aliphatic imine (C=N–C) groups is 2. The van der Waals surface area contributed by atoms with Crippen molar-refractivity contribution in [1.29, 1.82) is 0 Å². The number of aliphatic hydroxyl groups excluding tert-OH is 1. The molecule has 12 nitrogen and oxygen atoms in total. The number of hydrogen-bond acceptors (Lipinski definition) is 10. The number of nitrogens with one attached hydrogen (secondary N) is 2. The lowest BCUT2D eigenvalue weighted by Crippen LogP contribution is -2.57. The molecule has 0 aliphatic heterocycles. The van der Waals surface area contributed by atoms with Crippen molar-refractivity contribution in [2.24, 2.45) is 56.0 Å². The fourth-order valence-corrected chi connectivity index (χ4v) is 7.51. The number of allylic oxidation sites excluding steroid dienone is 2. The highest BCUT2D eigenvalue weighted by Gasteiger charge is 2.57. The summed E-state index contributed by atoms with van der Waals surface area (Å²) >= 11 is 0. The van der Waals surface area contributed by atoms with Crippen molar-refractivity contribution in [3.63, 3.8) is 0 Å². The molecule has 4 rings (SSSR count). The molecule has 0 saturated heterocycles. The summed E-state index contributed by atoms with van der Waals surface area (Å²) in [6.07, 6.45) is -10.2. The van der Waals surface area contributed by atoms with E-state index in [0.717, 1.165) is 12.4 Å². The molecule has 2 aliphatic rings. The zero-order valence-electron chi connectivity index (χ0n) is 38.9. The van der Waals surface area contributed by atoms with Crippen molar-refractivity contribution in [1.82, 2.24) is 15.8 Å². The van der Waals surface area contributed by atoms with Gasteiger partial charge in [0.05, 0.1) is 22.9 Å². The van der Waals surface area contributed by atoms with E-state index in [-0.39, 0.29) is 22.3 Å². The van der Waals surface area contributed by atoms with Crippen molar-refractivity contribution in [2.75, 3.05) is 6.54 Å². The quantitative estimate of drug-likeness (QED) is 0.0284. The van der Waals surface area contributed by atoms with E-state index in [1.54, 1.807) is 0 Å². The number of ketones is 2. The molecule has 2 aromatic carbocycles. The number of hydrogen-bond donors (Lipinski definition) is 5. The zero-order chi connectivity index (χ0) is 53.4. The first-order valence-corrected chi connectivity index (χ1v) is 22.2. The van der Waals surface area contributed by atoms with Gasteiger partial charge in [-0.3, -0.25) is 24.6 Å². The van der Waals surface area contributed by atoms with Gasteiger partial charge in [0.2, 0.25) is 11.8 Å². The molecule has 24 heteroatoms. The molecule has 4 atom stereocenters. The maximum absolute atomic E-state index is 16.0. The minimum Gasteiger partial charge on any atom is -0.404 e. The summed E-state index contributed by atoms with van der Waals surface area (Å²) in [5.41, 5.74) is 6.13. The number of amides is 2. The Morgan fingerprint density at radius 2 is 1.25 bits per heavy atom. The number of nitrogens with two attached hydrogens (primary N) is 2. The van der Waals surface area contributed by atoms with E-state index in [9.17, 15) is 68.2 Å². The number of halogens is 12. The highest BCUT2D eigenvalue weighted by Crippen LogP contribution is 2.47. The molecule has 2 aromatic rings. The van der Waals surface area contributed by atoms with Gasteiger partial charge in [0.1, 0.15) is 23.5 Å². The topological polar surface area (TPSA) is 193 Å². The minimum absolute atomic E-state index is 0.0218. The van der Waals surface area contributed by atoms with Crippen LogP contribution in [0.4, 0.5) is 52.7 Å². The van der Waals surface area contributed by atoms with Crippen LogP contribution in [0.3, 0.4) is 0 Å². The highest BCUT2D eigenvalue weighted by atomic mass is 19.4. The number of carbonyl (C=O) groups excluding carboxylic acids is 4. The third kappa shape index (κ3) is 15.6. The number of carbonyl (C=O) groups is 4. The van der Waals surface area contributed by atoms with Crippen LogP contribution in [0.25, 0.3) is 11.1 Å². The Balaban J connectivity index is 1.84. The van der Waals surface area contributed by atoms with Crippen LogP contribution in [0, 0.1) is 46.1 Å². The van der Waals surface area contributed by atoms with Gasteiger partial charge < -0.3 is 21.9 Å². The maximum atomic E-state index is 16.0. The molecule has 0 heterocycles. The van der Waals surface area contributed by atoms with Gasteiger partial charge in [-0.1, -0.05) is 38.1 Å². The van der Waals surface area contributed by atoms with Crippen LogP contribution in [0.15, 0.2) is 58.8 Å². The van der Waals surface area contributed by atoms with Gasteiger partial charge in [-0.15, -0.1) is 0 Å². The van der Waals surface area contributed by atoms with Gasteiger partial charge >= 0.3 is 25.5 Å². The number of Topliss-reactive ketones (excluding diaryl/α,β-unsaturated/α-hetero) is 2. The summed E-state index contributed by atoms with van der Waals surface area (Å²) in [5.74, 6) is -12.2. The molecule has 2 saturated carbocycles. The van der Waals surface area contributed by atoms with Crippen molar-refractivity contribution < 1.29 is 77.0 Å². The highest BCUT2D eigenvalue weighted by molar-refractivity contribution is 6.10. The Labute approximate surface area is 401 Å². The molecule has 2 aliphatic carbocycles. The van der Waals surface area contributed by atoms with Gasteiger partial charge in [-0.25, -0.2) is 23.8 Å². The third-order valence-corrected chi connectivity index (χ3v) is 12.7. The Bertz CT molecular complexity index is 2320. The van der Waals surface area contributed by atoms with Gasteiger partial charge in [-0.05, 0) is 80.7 Å². The van der Waals surface area contributed by atoms with Gasteiger partial charge in [0, 0.05) is 79.3 Å². The monoisotopic (exact) mass is 1030 g/mol. The average Bonchev–Trinajstić information content (AvgIpc) is 4.20. The van der Waals surface area contributed by atoms with E-state index < -0.39 is 151 Å². The third-order valence-electron chi connectivity index (χ3n) is 12.7. The molecule has 7 N–H and O–H groups in total. The maximum Gasteiger partial charge on any atom is 0.396 e. The van der Waals surface area contributed by atoms with Crippen LogP contribution >= 0.6 is 0 Å². The molecular formula is C47H55F12N7O5. The first kappa shape index (κ1) is 57.8. The second-order valence-corrected chi connectivity index (χ2v) is 18.7. The second kappa shape index (κ2) is 23.6. The Morgan fingerprint density at radius 1 is 0.761 bits per heavy atom. The van der Waals surface area contributed by atoms with Crippen LogP contribution < -0.4 is 22.2 Å². The molecule has 2 fully saturated rings. The fraction of sp³-hybridized carbons (Fsp3) is 0.532. The standard InChI is InChI=1S/C47H55F12N7O5/c1-44(2,46(54,55)56)33(17-36(67)26-9-10-26)41(71)65-66(22-32-34(48)14-28(15-35(32)49)31(19-61)21-63-43(52)53)23-38(69)29(13-24-5-7-25(8-6-24)30(18-60)20-62-42(50)51)16-37(68)39(45(3,4)47(57,58)59)64-40(70)27-11-12-27/h5-8,14-15,18-21,26-27,29,33,38-39,42-43,69H,9-13,16-17,22-23,60-61H2,1-4H3,(H,64,70)(H,65,71)/t29-,33-,38+,39-/m1/s1. The van der Waals surface area contributed by atoms with Crippen LogP contribution in [-0.4, -0.2) is 90.1 Å². The van der Waals surface area contributed by atoms with Crippen LogP contribution in [0.2, 0.25) is 0 Å². The van der Waals surface area contributed by atoms with Crippen molar-refractivity contribution in [3.05, 3.63) is 82.7 Å². The molecule has 0 aromatic heterocycles. The lowest BCUT2D eigenvalue weighted by Gasteiger charge is -2.38. The summed E-state index contributed by atoms with van der Waals surface area (Å²) in [7, 11) is 0. The lowest BCUT2D eigenvalue weighted by molar-refractivity contribution is -0.230. The van der Waals surface area contributed by atoms with E-state index in [1.807, 2.05) is 0 Å².